The second kappa shape index (κ2) is 5.04. The highest BCUT2D eigenvalue weighted by atomic mass is 16.5. The lowest BCUT2D eigenvalue weighted by atomic mass is 10.1. The first-order valence-corrected chi connectivity index (χ1v) is 6.51. The number of ether oxygens (including phenoxy) is 1. The Labute approximate surface area is 106 Å². The van der Waals surface area contributed by atoms with E-state index >= 15 is 0 Å². The largest absolute Gasteiger partial charge is 0.378 e. The van der Waals surface area contributed by atoms with Crippen molar-refractivity contribution in [1.82, 2.24) is 14.6 Å². The Morgan fingerprint density at radius 3 is 3.17 bits per heavy atom. The van der Waals surface area contributed by atoms with Crippen LogP contribution in [-0.2, 0) is 17.7 Å². The molecule has 2 aromatic rings. The van der Waals surface area contributed by atoms with Crippen molar-refractivity contribution >= 4 is 5.65 Å². The molecule has 2 N–H and O–H groups in total. The van der Waals surface area contributed by atoms with E-state index in [1.807, 2.05) is 18.3 Å². The molecular formula is C13H18N4O. The highest BCUT2D eigenvalue weighted by Gasteiger charge is 2.16. The van der Waals surface area contributed by atoms with Gasteiger partial charge in [0.05, 0.1) is 6.10 Å². The number of pyridine rings is 1. The molecule has 5 nitrogen and oxygen atoms in total. The average molecular weight is 246 g/mol. The molecule has 3 rings (SSSR count). The van der Waals surface area contributed by atoms with Gasteiger partial charge < -0.3 is 10.5 Å². The fraction of sp³-hybridized carbons (Fsp3) is 0.538. The zero-order valence-electron chi connectivity index (χ0n) is 10.4. The van der Waals surface area contributed by atoms with Crippen LogP contribution in [0.3, 0.4) is 0 Å². The van der Waals surface area contributed by atoms with Crippen LogP contribution in [0.5, 0.6) is 0 Å². The fourth-order valence-electron chi connectivity index (χ4n) is 2.36. The van der Waals surface area contributed by atoms with Gasteiger partial charge in [-0.05, 0) is 37.0 Å². The summed E-state index contributed by atoms with van der Waals surface area (Å²) < 4.78 is 7.52. The summed E-state index contributed by atoms with van der Waals surface area (Å²) >= 11 is 0. The molecule has 0 spiro atoms. The van der Waals surface area contributed by atoms with Crippen molar-refractivity contribution in [2.45, 2.75) is 38.3 Å². The predicted molar refractivity (Wildman–Crippen MR) is 68.2 cm³/mol. The van der Waals surface area contributed by atoms with Crippen LogP contribution in [0.25, 0.3) is 5.65 Å². The Hall–Kier alpha value is -1.46. The Kier molecular flexibility index (Phi) is 3.25. The Morgan fingerprint density at radius 2 is 2.39 bits per heavy atom. The smallest absolute Gasteiger partial charge is 0.155 e. The molecule has 0 bridgehead atoms. The van der Waals surface area contributed by atoms with Crippen LogP contribution in [0.2, 0.25) is 0 Å². The summed E-state index contributed by atoms with van der Waals surface area (Å²) in [5, 5.41) is 4.47. The van der Waals surface area contributed by atoms with Crippen LogP contribution in [-0.4, -0.2) is 27.3 Å². The van der Waals surface area contributed by atoms with Gasteiger partial charge in [0.25, 0.3) is 0 Å². The molecule has 1 saturated heterocycles. The van der Waals surface area contributed by atoms with Gasteiger partial charge in [-0.15, -0.1) is 0 Å². The van der Waals surface area contributed by atoms with Crippen LogP contribution >= 0.6 is 0 Å². The fourth-order valence-corrected chi connectivity index (χ4v) is 2.36. The maximum absolute atomic E-state index is 5.71. The summed E-state index contributed by atoms with van der Waals surface area (Å²) in [4.78, 5) is 4.53. The molecule has 0 saturated carbocycles. The molecule has 1 atom stereocenters. The molecule has 96 valence electrons. The first kappa shape index (κ1) is 11.6. The topological polar surface area (TPSA) is 65.4 Å². The molecule has 1 fully saturated rings. The molecule has 18 heavy (non-hydrogen) atoms. The second-order valence-corrected chi connectivity index (χ2v) is 4.76. The zero-order chi connectivity index (χ0) is 12.4. The van der Waals surface area contributed by atoms with Gasteiger partial charge in [0.2, 0.25) is 0 Å². The van der Waals surface area contributed by atoms with Gasteiger partial charge >= 0.3 is 0 Å². The van der Waals surface area contributed by atoms with E-state index in [1.165, 1.54) is 12.8 Å². The van der Waals surface area contributed by atoms with Crippen LogP contribution < -0.4 is 5.73 Å². The summed E-state index contributed by atoms with van der Waals surface area (Å²) in [6, 6.07) is 3.96. The maximum Gasteiger partial charge on any atom is 0.155 e. The molecule has 1 unspecified atom stereocenters. The molecule has 5 heteroatoms. The van der Waals surface area contributed by atoms with Gasteiger partial charge in [0.1, 0.15) is 0 Å². The molecule has 2 aromatic heterocycles. The van der Waals surface area contributed by atoms with E-state index in [9.17, 15) is 0 Å². The van der Waals surface area contributed by atoms with Crippen molar-refractivity contribution in [3.63, 3.8) is 0 Å². The monoisotopic (exact) mass is 246 g/mol. The predicted octanol–water partition coefficient (Wildman–Crippen LogP) is 1.30. The van der Waals surface area contributed by atoms with Crippen LogP contribution in [0, 0.1) is 0 Å². The molecule has 3 heterocycles. The quantitative estimate of drug-likeness (QED) is 0.886. The highest BCUT2D eigenvalue weighted by molar-refractivity contribution is 5.40. The minimum atomic E-state index is 0.283. The van der Waals surface area contributed by atoms with Crippen molar-refractivity contribution < 1.29 is 4.74 Å². The lowest BCUT2D eigenvalue weighted by molar-refractivity contribution is 0.0157. The Morgan fingerprint density at radius 1 is 1.44 bits per heavy atom. The summed E-state index contributed by atoms with van der Waals surface area (Å²) in [7, 11) is 0. The first-order chi connectivity index (χ1) is 8.85. The van der Waals surface area contributed by atoms with Gasteiger partial charge in [0, 0.05) is 25.8 Å². The minimum Gasteiger partial charge on any atom is -0.378 e. The van der Waals surface area contributed by atoms with Gasteiger partial charge in [-0.2, -0.15) is 5.10 Å². The van der Waals surface area contributed by atoms with Gasteiger partial charge in [-0.1, -0.05) is 0 Å². The third-order valence-corrected chi connectivity index (χ3v) is 3.37. The first-order valence-electron chi connectivity index (χ1n) is 6.51. The minimum absolute atomic E-state index is 0.283. The molecule has 1 aliphatic heterocycles. The van der Waals surface area contributed by atoms with Crippen molar-refractivity contribution in [2.24, 2.45) is 5.73 Å². The Bertz CT molecular complexity index is 531. The normalized spacial score (nSPS) is 20.4. The average Bonchev–Trinajstić information content (AvgIpc) is 2.80. The SMILES string of the molecule is NCc1ccn2nc(CC3CCCCO3)nc2c1. The number of aromatic nitrogens is 3. The molecule has 0 aliphatic carbocycles. The molecular weight excluding hydrogens is 228 g/mol. The van der Waals surface area contributed by atoms with E-state index in [1.54, 1.807) is 4.52 Å². The van der Waals surface area contributed by atoms with E-state index < -0.39 is 0 Å². The lowest BCUT2D eigenvalue weighted by Crippen LogP contribution is -2.21. The number of hydrogen-bond donors (Lipinski definition) is 1. The standard InChI is InChI=1S/C13H18N4O/c14-9-10-4-5-17-13(7-10)15-12(16-17)8-11-3-1-2-6-18-11/h4-5,7,11H,1-3,6,8-9,14H2. The number of fused-ring (bicyclic) bond motifs is 1. The molecule has 0 aromatic carbocycles. The summed E-state index contributed by atoms with van der Waals surface area (Å²) in [5.74, 6) is 0.857. The summed E-state index contributed by atoms with van der Waals surface area (Å²) in [6.07, 6.45) is 6.54. The van der Waals surface area contributed by atoms with Gasteiger partial charge in [0.15, 0.2) is 11.5 Å². The highest BCUT2D eigenvalue weighted by Crippen LogP contribution is 2.16. The molecule has 0 radical (unpaired) electrons. The molecule has 0 amide bonds. The van der Waals surface area contributed by atoms with E-state index in [-0.39, 0.29) is 6.10 Å². The number of nitrogens with two attached hydrogens (primary N) is 1. The number of rotatable bonds is 3. The third-order valence-electron chi connectivity index (χ3n) is 3.37. The van der Waals surface area contributed by atoms with Gasteiger partial charge in [-0.25, -0.2) is 9.50 Å². The van der Waals surface area contributed by atoms with E-state index in [2.05, 4.69) is 10.1 Å². The van der Waals surface area contributed by atoms with E-state index in [4.69, 9.17) is 10.5 Å². The van der Waals surface area contributed by atoms with Crippen molar-refractivity contribution in [1.29, 1.82) is 0 Å². The van der Waals surface area contributed by atoms with Gasteiger partial charge in [-0.3, -0.25) is 0 Å². The van der Waals surface area contributed by atoms with Crippen LogP contribution in [0.15, 0.2) is 18.3 Å². The zero-order valence-corrected chi connectivity index (χ0v) is 10.4. The van der Waals surface area contributed by atoms with E-state index in [0.717, 1.165) is 36.5 Å². The number of hydrogen-bond acceptors (Lipinski definition) is 4. The summed E-state index contributed by atoms with van der Waals surface area (Å²) in [6.45, 7) is 1.40. The maximum atomic E-state index is 5.71. The number of nitrogens with zero attached hydrogens (tertiary/aromatic N) is 3. The molecule has 1 aliphatic rings. The third kappa shape index (κ3) is 2.37. The lowest BCUT2D eigenvalue weighted by Gasteiger charge is -2.20. The van der Waals surface area contributed by atoms with Crippen LogP contribution in [0.1, 0.15) is 30.7 Å². The van der Waals surface area contributed by atoms with Crippen LogP contribution in [0.4, 0.5) is 0 Å². The Balaban J connectivity index is 1.79. The van der Waals surface area contributed by atoms with E-state index in [0.29, 0.717) is 6.54 Å². The summed E-state index contributed by atoms with van der Waals surface area (Å²) in [5.41, 5.74) is 7.56. The van der Waals surface area contributed by atoms with Crippen molar-refractivity contribution in [2.75, 3.05) is 6.61 Å². The van der Waals surface area contributed by atoms with Crippen molar-refractivity contribution in [3.05, 3.63) is 29.7 Å². The second-order valence-electron chi connectivity index (χ2n) is 4.76. The van der Waals surface area contributed by atoms with Crippen molar-refractivity contribution in [3.8, 4) is 0 Å².